The van der Waals surface area contributed by atoms with E-state index in [0.717, 1.165) is 5.56 Å². The van der Waals surface area contributed by atoms with E-state index < -0.39 is 5.97 Å². The molecule has 0 atom stereocenters. The van der Waals surface area contributed by atoms with Crippen LogP contribution in [0.1, 0.15) is 29.8 Å². The van der Waals surface area contributed by atoms with Crippen LogP contribution in [0.4, 0.5) is 10.5 Å². The van der Waals surface area contributed by atoms with E-state index in [9.17, 15) is 9.59 Å². The Labute approximate surface area is 123 Å². The lowest BCUT2D eigenvalue weighted by Gasteiger charge is -2.38. The summed E-state index contributed by atoms with van der Waals surface area (Å²) >= 11 is 0. The summed E-state index contributed by atoms with van der Waals surface area (Å²) in [5, 5.41) is 11.8. The maximum atomic E-state index is 12.3. The fraction of sp³-hybridized carbons (Fsp3) is 0.467. The van der Waals surface area contributed by atoms with Crippen LogP contribution >= 0.6 is 0 Å². The fourth-order valence-electron chi connectivity index (χ4n) is 2.32. The molecule has 0 spiro atoms. The molecule has 1 aromatic carbocycles. The number of rotatable bonds is 2. The van der Waals surface area contributed by atoms with Crippen molar-refractivity contribution in [1.82, 2.24) is 4.90 Å². The largest absolute Gasteiger partial charge is 0.478 e. The Hall–Kier alpha value is -2.08. The molecule has 1 fully saturated rings. The van der Waals surface area contributed by atoms with E-state index in [2.05, 4.69) is 5.32 Å². The molecule has 2 rings (SSSR count). The molecule has 6 nitrogen and oxygen atoms in total. The number of anilines is 1. The zero-order valence-electron chi connectivity index (χ0n) is 12.5. The lowest BCUT2D eigenvalue weighted by Crippen LogP contribution is -2.51. The summed E-state index contributed by atoms with van der Waals surface area (Å²) in [6, 6.07) is 4.44. The topological polar surface area (TPSA) is 78.9 Å². The van der Waals surface area contributed by atoms with Crippen LogP contribution in [0.15, 0.2) is 18.2 Å². The summed E-state index contributed by atoms with van der Waals surface area (Å²) in [5.74, 6) is -0.981. The number of ether oxygens (including phenoxy) is 1. The monoisotopic (exact) mass is 292 g/mol. The Balaban J connectivity index is 2.07. The van der Waals surface area contributed by atoms with Gasteiger partial charge in [0.05, 0.1) is 24.3 Å². The van der Waals surface area contributed by atoms with Gasteiger partial charge in [-0.05, 0) is 44.5 Å². The molecule has 0 unspecified atom stereocenters. The van der Waals surface area contributed by atoms with Crippen molar-refractivity contribution in [3.63, 3.8) is 0 Å². The Bertz CT molecular complexity index is 569. The molecule has 0 aromatic heterocycles. The highest BCUT2D eigenvalue weighted by Crippen LogP contribution is 2.20. The Kier molecular flexibility index (Phi) is 4.18. The molecule has 1 aliphatic rings. The predicted octanol–water partition coefficient (Wildman–Crippen LogP) is 2.34. The summed E-state index contributed by atoms with van der Waals surface area (Å²) in [6.45, 7) is 7.23. The average molecular weight is 292 g/mol. The van der Waals surface area contributed by atoms with E-state index in [1.165, 1.54) is 6.07 Å². The molecule has 2 N–H and O–H groups in total. The summed E-state index contributed by atoms with van der Waals surface area (Å²) in [6.07, 6.45) is 0. The molecule has 1 aliphatic heterocycles. The Morgan fingerprint density at radius 2 is 2.10 bits per heavy atom. The van der Waals surface area contributed by atoms with Gasteiger partial charge < -0.3 is 20.1 Å². The van der Waals surface area contributed by atoms with E-state index in [4.69, 9.17) is 9.84 Å². The normalized spacial score (nSPS) is 17.4. The zero-order valence-corrected chi connectivity index (χ0v) is 12.5. The molecule has 0 aliphatic carbocycles. The van der Waals surface area contributed by atoms with Gasteiger partial charge in [0.1, 0.15) is 0 Å². The number of hydrogen-bond donors (Lipinski definition) is 2. The number of carboxylic acids is 1. The van der Waals surface area contributed by atoms with Gasteiger partial charge in [0.15, 0.2) is 0 Å². The smallest absolute Gasteiger partial charge is 0.335 e. The van der Waals surface area contributed by atoms with Gasteiger partial charge in [-0.3, -0.25) is 0 Å². The standard InChI is InChI=1S/C15H20N2O4/c1-10-8-11(13(18)19)4-5-12(10)16-14(20)17-6-7-21-15(2,3)9-17/h4-5,8H,6-7,9H2,1-3H3,(H,16,20)(H,18,19). The first-order valence-corrected chi connectivity index (χ1v) is 6.82. The first-order chi connectivity index (χ1) is 9.78. The quantitative estimate of drug-likeness (QED) is 0.877. The first kappa shape index (κ1) is 15.3. The molecule has 0 radical (unpaired) electrons. The molecule has 114 valence electrons. The lowest BCUT2D eigenvalue weighted by molar-refractivity contribution is -0.0720. The van der Waals surface area contributed by atoms with Crippen LogP contribution in [0.3, 0.4) is 0 Å². The zero-order chi connectivity index (χ0) is 15.6. The van der Waals surface area contributed by atoms with E-state index >= 15 is 0 Å². The molecular weight excluding hydrogens is 272 g/mol. The van der Waals surface area contributed by atoms with Crippen molar-refractivity contribution in [2.45, 2.75) is 26.4 Å². The number of aromatic carboxylic acids is 1. The minimum atomic E-state index is -0.981. The van der Waals surface area contributed by atoms with Crippen LogP contribution < -0.4 is 5.32 Å². The molecule has 1 heterocycles. The minimum absolute atomic E-state index is 0.197. The predicted molar refractivity (Wildman–Crippen MR) is 78.8 cm³/mol. The van der Waals surface area contributed by atoms with Gasteiger partial charge in [-0.2, -0.15) is 0 Å². The number of carbonyl (C=O) groups excluding carboxylic acids is 1. The number of carbonyl (C=O) groups is 2. The number of aryl methyl sites for hydroxylation is 1. The number of nitrogens with zero attached hydrogens (tertiary/aromatic N) is 1. The Morgan fingerprint density at radius 1 is 1.38 bits per heavy atom. The van der Waals surface area contributed by atoms with Crippen LogP contribution in [-0.4, -0.2) is 47.3 Å². The van der Waals surface area contributed by atoms with Crippen LogP contribution in [0.25, 0.3) is 0 Å². The SMILES string of the molecule is Cc1cc(C(=O)O)ccc1NC(=O)N1CCOC(C)(C)C1. The van der Waals surface area contributed by atoms with Gasteiger partial charge >= 0.3 is 12.0 Å². The summed E-state index contributed by atoms with van der Waals surface area (Å²) in [5.41, 5.74) is 1.20. The highest BCUT2D eigenvalue weighted by Gasteiger charge is 2.30. The van der Waals surface area contributed by atoms with E-state index in [0.29, 0.717) is 25.4 Å². The fourth-order valence-corrected chi connectivity index (χ4v) is 2.32. The summed E-state index contributed by atoms with van der Waals surface area (Å²) < 4.78 is 5.57. The Morgan fingerprint density at radius 3 is 2.67 bits per heavy atom. The third-order valence-electron chi connectivity index (χ3n) is 3.43. The van der Waals surface area contributed by atoms with Gasteiger partial charge in [-0.15, -0.1) is 0 Å². The third-order valence-corrected chi connectivity index (χ3v) is 3.43. The second-order valence-corrected chi connectivity index (χ2v) is 5.79. The minimum Gasteiger partial charge on any atom is -0.478 e. The molecule has 6 heteroatoms. The van der Waals surface area contributed by atoms with Gasteiger partial charge in [0.25, 0.3) is 0 Å². The highest BCUT2D eigenvalue weighted by molar-refractivity contribution is 5.92. The number of benzene rings is 1. The van der Waals surface area contributed by atoms with E-state index in [1.54, 1.807) is 24.0 Å². The van der Waals surface area contributed by atoms with Crippen molar-refractivity contribution >= 4 is 17.7 Å². The summed E-state index contributed by atoms with van der Waals surface area (Å²) in [4.78, 5) is 24.9. The molecular formula is C15H20N2O4. The van der Waals surface area contributed by atoms with Crippen molar-refractivity contribution in [2.75, 3.05) is 25.0 Å². The number of carboxylic acid groups (broad SMARTS) is 1. The van der Waals surface area contributed by atoms with Crippen molar-refractivity contribution in [3.8, 4) is 0 Å². The van der Waals surface area contributed by atoms with Crippen LogP contribution in [0.5, 0.6) is 0 Å². The first-order valence-electron chi connectivity index (χ1n) is 6.82. The average Bonchev–Trinajstić information content (AvgIpc) is 2.39. The third kappa shape index (κ3) is 3.72. The molecule has 2 amide bonds. The second kappa shape index (κ2) is 5.73. The number of hydrogen-bond acceptors (Lipinski definition) is 3. The number of amides is 2. The number of urea groups is 1. The number of morpholine rings is 1. The van der Waals surface area contributed by atoms with Gasteiger partial charge in [0.2, 0.25) is 0 Å². The van der Waals surface area contributed by atoms with Crippen LogP contribution in [0, 0.1) is 6.92 Å². The van der Waals surface area contributed by atoms with Crippen LogP contribution in [0.2, 0.25) is 0 Å². The maximum absolute atomic E-state index is 12.3. The molecule has 21 heavy (non-hydrogen) atoms. The molecule has 1 aromatic rings. The highest BCUT2D eigenvalue weighted by atomic mass is 16.5. The number of nitrogens with one attached hydrogen (secondary N) is 1. The van der Waals surface area contributed by atoms with Gasteiger partial charge in [-0.25, -0.2) is 9.59 Å². The van der Waals surface area contributed by atoms with E-state index in [1.807, 2.05) is 13.8 Å². The van der Waals surface area contributed by atoms with Crippen molar-refractivity contribution < 1.29 is 19.4 Å². The van der Waals surface area contributed by atoms with Gasteiger partial charge in [0, 0.05) is 12.2 Å². The van der Waals surface area contributed by atoms with Gasteiger partial charge in [-0.1, -0.05) is 0 Å². The van der Waals surface area contributed by atoms with Crippen molar-refractivity contribution in [3.05, 3.63) is 29.3 Å². The molecule has 0 bridgehead atoms. The van der Waals surface area contributed by atoms with E-state index in [-0.39, 0.29) is 17.2 Å². The van der Waals surface area contributed by atoms with Crippen molar-refractivity contribution in [2.24, 2.45) is 0 Å². The maximum Gasteiger partial charge on any atom is 0.335 e. The van der Waals surface area contributed by atoms with Crippen molar-refractivity contribution in [1.29, 1.82) is 0 Å². The molecule has 1 saturated heterocycles. The molecule has 0 saturated carbocycles. The summed E-state index contributed by atoms with van der Waals surface area (Å²) in [7, 11) is 0. The lowest BCUT2D eigenvalue weighted by atomic mass is 10.1. The van der Waals surface area contributed by atoms with Crippen LogP contribution in [-0.2, 0) is 4.74 Å². The second-order valence-electron chi connectivity index (χ2n) is 5.79.